The maximum atomic E-state index is 8.63. The maximum absolute atomic E-state index is 8.63. The van der Waals surface area contributed by atoms with E-state index in [0.29, 0.717) is 5.69 Å². The van der Waals surface area contributed by atoms with Crippen LogP contribution in [-0.4, -0.2) is 24.6 Å². The topological polar surface area (TPSA) is 118 Å². The predicted octanol–water partition coefficient (Wildman–Crippen LogP) is 2.88. The number of diazo groups is 1. The fourth-order valence-corrected chi connectivity index (χ4v) is 1.58. The largest absolute Gasteiger partial charge is 0.726 e. The van der Waals surface area contributed by atoms with E-state index in [-0.39, 0.29) is 0 Å². The van der Waals surface area contributed by atoms with E-state index in [1.54, 1.807) is 24.3 Å². The lowest BCUT2D eigenvalue weighted by Crippen LogP contribution is -2.14. The summed E-state index contributed by atoms with van der Waals surface area (Å²) < 4.78 is 32.8. The van der Waals surface area contributed by atoms with Crippen molar-refractivity contribution >= 4 is 27.5 Å². The first-order valence-corrected chi connectivity index (χ1v) is 7.24. The molecule has 0 aliphatic carbocycles. The summed E-state index contributed by atoms with van der Waals surface area (Å²) in [4.78, 5) is 8.45. The van der Waals surface area contributed by atoms with Crippen molar-refractivity contribution in [1.29, 1.82) is 5.39 Å². The highest BCUT2D eigenvalue weighted by Gasteiger charge is 2.10. The number of anilines is 2. The van der Waals surface area contributed by atoms with E-state index in [4.69, 9.17) is 27.8 Å². The number of hydrogen-bond acceptors (Lipinski definition) is 6. The molecule has 22 heavy (non-hydrogen) atoms. The molecule has 0 radical (unpaired) electrons. The van der Waals surface area contributed by atoms with Crippen molar-refractivity contribution in [2.45, 2.75) is 0 Å². The van der Waals surface area contributed by atoms with Gasteiger partial charge in [-0.25, -0.2) is 13.5 Å². The monoisotopic (exact) mass is 323 g/mol. The normalized spacial score (nSPS) is 10.1. The number of hydrogen-bond donors (Lipinski definition) is 1. The van der Waals surface area contributed by atoms with Crippen molar-refractivity contribution in [2.24, 2.45) is 0 Å². The van der Waals surface area contributed by atoms with Gasteiger partial charge in [-0.1, -0.05) is 18.2 Å². The smallest absolute Gasteiger partial charge is 0.385 e. The van der Waals surface area contributed by atoms with Gasteiger partial charge >= 0.3 is 5.69 Å². The number of nitrogens with zero attached hydrogens (tertiary/aromatic N) is 3. The molecule has 0 amide bonds. The van der Waals surface area contributed by atoms with Crippen LogP contribution in [0.3, 0.4) is 0 Å². The molecule has 8 nitrogen and oxygen atoms in total. The van der Waals surface area contributed by atoms with Crippen LogP contribution in [0.4, 0.5) is 17.1 Å². The van der Waals surface area contributed by atoms with Crippen LogP contribution in [0.25, 0.3) is 4.98 Å². The van der Waals surface area contributed by atoms with E-state index in [1.807, 2.05) is 42.5 Å². The zero-order valence-electron chi connectivity index (χ0n) is 11.5. The number of para-hydroxylation sites is 1. The maximum Gasteiger partial charge on any atom is 0.385 e. The van der Waals surface area contributed by atoms with Gasteiger partial charge in [0.15, 0.2) is 4.98 Å². The molecule has 0 heterocycles. The third kappa shape index (κ3) is 6.29. The van der Waals surface area contributed by atoms with Crippen molar-refractivity contribution in [3.8, 4) is 0 Å². The van der Waals surface area contributed by atoms with Crippen molar-refractivity contribution in [1.82, 2.24) is 0 Å². The molecule has 0 spiro atoms. The van der Waals surface area contributed by atoms with Crippen molar-refractivity contribution in [2.75, 3.05) is 12.2 Å². The predicted molar refractivity (Wildman–Crippen MR) is 79.1 cm³/mol. The second kappa shape index (κ2) is 8.06. The number of benzene rings is 2. The van der Waals surface area contributed by atoms with E-state index in [0.717, 1.165) is 11.4 Å². The number of rotatable bonds is 3. The summed E-state index contributed by atoms with van der Waals surface area (Å²) >= 11 is 0. The zero-order chi connectivity index (χ0) is 16.6. The zero-order valence-corrected chi connectivity index (χ0v) is 12.3. The van der Waals surface area contributed by atoms with Crippen LogP contribution in [-0.2, 0) is 15.2 Å². The lowest BCUT2D eigenvalue weighted by Gasteiger charge is -2.21. The van der Waals surface area contributed by atoms with Crippen LogP contribution in [0, 0.1) is 5.39 Å². The van der Waals surface area contributed by atoms with E-state index in [9.17, 15) is 0 Å². The Bertz CT molecular complexity index is 719. The second-order valence-corrected chi connectivity index (χ2v) is 4.71. The van der Waals surface area contributed by atoms with E-state index >= 15 is 0 Å². The van der Waals surface area contributed by atoms with Gasteiger partial charge in [0.05, 0.1) is 18.5 Å². The molecule has 0 aromatic heterocycles. The Kier molecular flexibility index (Phi) is 6.43. The summed E-state index contributed by atoms with van der Waals surface area (Å²) in [7, 11) is -3.31. The van der Waals surface area contributed by atoms with Gasteiger partial charge in [-0.05, 0) is 24.3 Å². The van der Waals surface area contributed by atoms with Gasteiger partial charge in [-0.15, -0.1) is 0 Å². The summed E-state index contributed by atoms with van der Waals surface area (Å²) in [5, 5.41) is 10.3. The fraction of sp³-hybridized carbons (Fsp3) is 0.0769. The van der Waals surface area contributed by atoms with Crippen molar-refractivity contribution in [3.05, 3.63) is 59.6 Å². The summed E-state index contributed by atoms with van der Waals surface area (Å²) in [6.45, 7) is 0. The third-order valence-corrected chi connectivity index (χ3v) is 2.37. The molecule has 2 aromatic rings. The molecule has 2 aromatic carbocycles. The van der Waals surface area contributed by atoms with Crippen LogP contribution in [0.15, 0.2) is 54.6 Å². The molecule has 0 atom stereocenters. The van der Waals surface area contributed by atoms with Gasteiger partial charge in [0.2, 0.25) is 15.8 Å². The average molecular weight is 323 g/mol. The van der Waals surface area contributed by atoms with Crippen LogP contribution < -0.4 is 5.06 Å². The molecule has 2 rings (SSSR count). The molecule has 1 N–H and O–H groups in total. The quantitative estimate of drug-likeness (QED) is 0.399. The molecular formula is C13H13N3O5S. The Morgan fingerprint density at radius 3 is 1.95 bits per heavy atom. The second-order valence-electron chi connectivity index (χ2n) is 3.86. The molecule has 0 aliphatic heterocycles. The standard InChI is InChI=1S/C13H12N3O.H2O4S/c1-17-16(12-5-3-2-4-6-12)13-9-7-11(15-14)8-10-13;1-5(2,3)4/h2-10H,1H3;(H2,1,2,3,4)/q+1;/p-1. The molecule has 0 saturated carbocycles. The van der Waals surface area contributed by atoms with Crippen LogP contribution in [0.2, 0.25) is 0 Å². The van der Waals surface area contributed by atoms with Crippen LogP contribution >= 0.6 is 0 Å². The van der Waals surface area contributed by atoms with Crippen LogP contribution in [0.5, 0.6) is 0 Å². The highest BCUT2D eigenvalue weighted by Crippen LogP contribution is 2.26. The van der Waals surface area contributed by atoms with Gasteiger partial charge in [0.25, 0.3) is 0 Å². The Hall–Kier alpha value is -2.51. The first-order chi connectivity index (χ1) is 10.3. The molecule has 9 heteroatoms. The van der Waals surface area contributed by atoms with Crippen molar-refractivity contribution < 1.29 is 22.4 Å². The molecule has 116 valence electrons. The molecule has 0 saturated heterocycles. The van der Waals surface area contributed by atoms with E-state index in [1.165, 1.54) is 0 Å². The first kappa shape index (κ1) is 17.5. The van der Waals surface area contributed by atoms with Crippen molar-refractivity contribution in [3.63, 3.8) is 0 Å². The van der Waals surface area contributed by atoms with Gasteiger partial charge in [-0.2, -0.15) is 0 Å². The molecule has 0 unspecified atom stereocenters. The summed E-state index contributed by atoms with van der Waals surface area (Å²) in [5.41, 5.74) is 2.31. The van der Waals surface area contributed by atoms with Gasteiger partial charge in [0, 0.05) is 12.1 Å². The first-order valence-electron chi connectivity index (χ1n) is 5.88. The Morgan fingerprint density at radius 1 is 1.09 bits per heavy atom. The summed E-state index contributed by atoms with van der Waals surface area (Å²) in [5.74, 6) is 0. The Morgan fingerprint density at radius 2 is 1.55 bits per heavy atom. The molecule has 0 fully saturated rings. The SMILES string of the molecule is CON(c1ccccc1)c1ccc([N+]#N)cc1.O=S(=O)([O-])O. The highest BCUT2D eigenvalue weighted by atomic mass is 32.3. The Balaban J connectivity index is 0.000000422. The van der Waals surface area contributed by atoms with Gasteiger partial charge in [-0.3, -0.25) is 9.39 Å². The van der Waals surface area contributed by atoms with E-state index < -0.39 is 10.4 Å². The third-order valence-electron chi connectivity index (χ3n) is 2.37. The molecule has 0 aliphatic rings. The lowest BCUT2D eigenvalue weighted by molar-refractivity contribution is 0.201. The van der Waals surface area contributed by atoms with Gasteiger partial charge < -0.3 is 4.55 Å². The Labute approximate surface area is 127 Å². The minimum atomic E-state index is -4.92. The molecule has 0 bridgehead atoms. The van der Waals surface area contributed by atoms with Crippen LogP contribution in [0.1, 0.15) is 0 Å². The highest BCUT2D eigenvalue weighted by molar-refractivity contribution is 7.79. The van der Waals surface area contributed by atoms with Gasteiger partial charge in [0.1, 0.15) is 0 Å². The minimum Gasteiger partial charge on any atom is -0.726 e. The fourth-order valence-electron chi connectivity index (χ4n) is 1.58. The minimum absolute atomic E-state index is 0.512. The lowest BCUT2D eigenvalue weighted by atomic mass is 10.2. The van der Waals surface area contributed by atoms with E-state index in [2.05, 4.69) is 4.98 Å². The summed E-state index contributed by atoms with van der Waals surface area (Å²) in [6.07, 6.45) is 0. The average Bonchev–Trinajstić information content (AvgIpc) is 2.48. The summed E-state index contributed by atoms with van der Waals surface area (Å²) in [6, 6.07) is 16.8. The molecular weight excluding hydrogens is 310 g/mol.